The Labute approximate surface area is 125 Å². The molecule has 1 aliphatic rings. The van der Waals surface area contributed by atoms with Gasteiger partial charge in [0.05, 0.1) is 0 Å². The molecule has 0 spiro atoms. The standard InChI is InChI=1S/C18H20ClN/c1-11-9-17(19)12(2)8-14(11)18(20)16-10-15(16)13-6-4-3-5-7-13/h3-9,15-16,18H,10,20H2,1-2H3. The lowest BCUT2D eigenvalue weighted by Crippen LogP contribution is -2.15. The van der Waals surface area contributed by atoms with Crippen LogP contribution in [0.4, 0.5) is 0 Å². The van der Waals surface area contributed by atoms with Gasteiger partial charge in [0.25, 0.3) is 0 Å². The summed E-state index contributed by atoms with van der Waals surface area (Å²) in [5.74, 6) is 1.17. The number of hydrogen-bond donors (Lipinski definition) is 1. The zero-order valence-corrected chi connectivity index (χ0v) is 12.7. The fourth-order valence-electron chi connectivity index (χ4n) is 3.09. The van der Waals surface area contributed by atoms with Crippen molar-refractivity contribution in [1.82, 2.24) is 0 Å². The molecule has 2 aromatic carbocycles. The molecule has 0 amide bonds. The van der Waals surface area contributed by atoms with Crippen molar-refractivity contribution in [3.63, 3.8) is 0 Å². The lowest BCUT2D eigenvalue weighted by Gasteiger charge is -2.16. The van der Waals surface area contributed by atoms with E-state index >= 15 is 0 Å². The van der Waals surface area contributed by atoms with Crippen LogP contribution in [0.5, 0.6) is 0 Å². The molecule has 0 radical (unpaired) electrons. The molecular formula is C18H20ClN. The number of halogens is 1. The highest BCUT2D eigenvalue weighted by atomic mass is 35.5. The molecule has 2 N–H and O–H groups in total. The second-order valence-corrected chi connectivity index (χ2v) is 6.31. The third-order valence-corrected chi connectivity index (χ3v) is 4.84. The Kier molecular flexibility index (Phi) is 3.57. The van der Waals surface area contributed by atoms with Gasteiger partial charge in [-0.15, -0.1) is 0 Å². The molecule has 1 fully saturated rings. The van der Waals surface area contributed by atoms with Gasteiger partial charge in [0.15, 0.2) is 0 Å². The van der Waals surface area contributed by atoms with Crippen molar-refractivity contribution in [3.05, 3.63) is 69.7 Å². The highest BCUT2D eigenvalue weighted by Gasteiger charge is 2.43. The molecule has 1 nitrogen and oxygen atoms in total. The predicted molar refractivity (Wildman–Crippen MR) is 85.1 cm³/mol. The zero-order valence-electron chi connectivity index (χ0n) is 11.9. The molecule has 3 unspecified atom stereocenters. The van der Waals surface area contributed by atoms with Gasteiger partial charge in [-0.25, -0.2) is 0 Å². The molecule has 2 aromatic rings. The van der Waals surface area contributed by atoms with Gasteiger partial charge in [0.2, 0.25) is 0 Å². The molecule has 0 saturated heterocycles. The Morgan fingerprint density at radius 1 is 1.10 bits per heavy atom. The van der Waals surface area contributed by atoms with Gasteiger partial charge in [-0.1, -0.05) is 48.0 Å². The van der Waals surface area contributed by atoms with E-state index in [4.69, 9.17) is 17.3 Å². The van der Waals surface area contributed by atoms with Crippen molar-refractivity contribution in [2.24, 2.45) is 11.7 Å². The van der Waals surface area contributed by atoms with Crippen LogP contribution in [-0.4, -0.2) is 0 Å². The first-order valence-corrected chi connectivity index (χ1v) is 7.53. The molecule has 0 bridgehead atoms. The number of rotatable bonds is 3. The van der Waals surface area contributed by atoms with E-state index in [-0.39, 0.29) is 6.04 Å². The molecular weight excluding hydrogens is 266 g/mol. The maximum Gasteiger partial charge on any atom is 0.0438 e. The van der Waals surface area contributed by atoms with Crippen LogP contribution < -0.4 is 5.73 Å². The summed E-state index contributed by atoms with van der Waals surface area (Å²) in [6.07, 6.45) is 1.19. The highest BCUT2D eigenvalue weighted by Crippen LogP contribution is 2.53. The minimum Gasteiger partial charge on any atom is -0.324 e. The largest absolute Gasteiger partial charge is 0.324 e. The molecule has 3 atom stereocenters. The number of hydrogen-bond acceptors (Lipinski definition) is 1. The smallest absolute Gasteiger partial charge is 0.0438 e. The third-order valence-electron chi connectivity index (χ3n) is 4.44. The Morgan fingerprint density at radius 2 is 1.80 bits per heavy atom. The summed E-state index contributed by atoms with van der Waals surface area (Å²) in [6, 6.07) is 15.0. The summed E-state index contributed by atoms with van der Waals surface area (Å²) in [5.41, 5.74) is 11.5. The van der Waals surface area contributed by atoms with Gasteiger partial charge < -0.3 is 5.73 Å². The summed E-state index contributed by atoms with van der Waals surface area (Å²) in [4.78, 5) is 0. The fourth-order valence-corrected chi connectivity index (χ4v) is 3.31. The van der Waals surface area contributed by atoms with Crippen LogP contribution >= 0.6 is 11.6 Å². The van der Waals surface area contributed by atoms with Gasteiger partial charge in [0, 0.05) is 11.1 Å². The monoisotopic (exact) mass is 285 g/mol. The van der Waals surface area contributed by atoms with Crippen molar-refractivity contribution in [2.45, 2.75) is 32.2 Å². The van der Waals surface area contributed by atoms with E-state index in [2.05, 4.69) is 43.3 Å². The summed E-state index contributed by atoms with van der Waals surface area (Å²) in [7, 11) is 0. The minimum atomic E-state index is 0.108. The summed E-state index contributed by atoms with van der Waals surface area (Å²) < 4.78 is 0. The van der Waals surface area contributed by atoms with Crippen LogP contribution in [0.2, 0.25) is 5.02 Å². The number of nitrogens with two attached hydrogens (primary N) is 1. The van der Waals surface area contributed by atoms with Gasteiger partial charge in [0.1, 0.15) is 0 Å². The lowest BCUT2D eigenvalue weighted by molar-refractivity contribution is 0.612. The molecule has 1 saturated carbocycles. The van der Waals surface area contributed by atoms with Crippen LogP contribution in [0.15, 0.2) is 42.5 Å². The van der Waals surface area contributed by atoms with E-state index in [1.807, 2.05) is 13.0 Å². The zero-order chi connectivity index (χ0) is 14.3. The van der Waals surface area contributed by atoms with E-state index in [9.17, 15) is 0 Å². The van der Waals surface area contributed by atoms with E-state index < -0.39 is 0 Å². The fraction of sp³-hybridized carbons (Fsp3) is 0.333. The van der Waals surface area contributed by atoms with Gasteiger partial charge >= 0.3 is 0 Å². The predicted octanol–water partition coefficient (Wildman–Crippen LogP) is 4.76. The first-order valence-electron chi connectivity index (χ1n) is 7.15. The molecule has 0 aromatic heterocycles. The second kappa shape index (κ2) is 5.23. The Hall–Kier alpha value is -1.31. The van der Waals surface area contributed by atoms with E-state index in [0.717, 1.165) is 10.6 Å². The molecule has 20 heavy (non-hydrogen) atoms. The maximum absolute atomic E-state index is 6.50. The van der Waals surface area contributed by atoms with Crippen molar-refractivity contribution >= 4 is 11.6 Å². The highest BCUT2D eigenvalue weighted by molar-refractivity contribution is 6.31. The summed E-state index contributed by atoms with van der Waals surface area (Å²) in [5, 5.41) is 0.828. The Morgan fingerprint density at radius 3 is 2.50 bits per heavy atom. The van der Waals surface area contributed by atoms with Gasteiger partial charge in [-0.05, 0) is 60.4 Å². The third kappa shape index (κ3) is 2.48. The van der Waals surface area contributed by atoms with Crippen molar-refractivity contribution in [1.29, 1.82) is 0 Å². The Bertz CT molecular complexity index is 621. The normalized spacial score (nSPS) is 22.6. The lowest BCUT2D eigenvalue weighted by atomic mass is 9.94. The average molecular weight is 286 g/mol. The van der Waals surface area contributed by atoms with E-state index in [0.29, 0.717) is 11.8 Å². The van der Waals surface area contributed by atoms with Crippen LogP contribution in [0.25, 0.3) is 0 Å². The quantitative estimate of drug-likeness (QED) is 0.864. The molecule has 0 aliphatic heterocycles. The maximum atomic E-state index is 6.50. The second-order valence-electron chi connectivity index (χ2n) is 5.90. The molecule has 1 aliphatic carbocycles. The van der Waals surface area contributed by atoms with Crippen LogP contribution in [0.1, 0.15) is 40.6 Å². The average Bonchev–Trinajstić information content (AvgIpc) is 3.23. The SMILES string of the molecule is Cc1cc(C(N)C2CC2c2ccccc2)c(C)cc1Cl. The molecule has 2 heteroatoms. The summed E-state index contributed by atoms with van der Waals surface area (Å²) in [6.45, 7) is 4.14. The van der Waals surface area contributed by atoms with Crippen LogP contribution in [0.3, 0.4) is 0 Å². The molecule has 3 rings (SSSR count). The minimum absolute atomic E-state index is 0.108. The van der Waals surface area contributed by atoms with Crippen LogP contribution in [-0.2, 0) is 0 Å². The van der Waals surface area contributed by atoms with Gasteiger partial charge in [-0.2, -0.15) is 0 Å². The summed E-state index contributed by atoms with van der Waals surface area (Å²) >= 11 is 6.17. The first-order chi connectivity index (χ1) is 9.58. The molecule has 104 valence electrons. The first kappa shape index (κ1) is 13.7. The number of aryl methyl sites for hydroxylation is 2. The topological polar surface area (TPSA) is 26.0 Å². The van der Waals surface area contributed by atoms with Crippen molar-refractivity contribution < 1.29 is 0 Å². The Balaban J connectivity index is 1.82. The molecule has 0 heterocycles. The van der Waals surface area contributed by atoms with E-state index in [1.54, 1.807) is 0 Å². The van der Waals surface area contributed by atoms with Gasteiger partial charge in [-0.3, -0.25) is 0 Å². The number of benzene rings is 2. The van der Waals surface area contributed by atoms with Crippen molar-refractivity contribution in [2.75, 3.05) is 0 Å². The van der Waals surface area contributed by atoms with E-state index in [1.165, 1.54) is 23.1 Å². The van der Waals surface area contributed by atoms with Crippen LogP contribution in [0, 0.1) is 19.8 Å². The van der Waals surface area contributed by atoms with Crippen molar-refractivity contribution in [3.8, 4) is 0 Å².